The van der Waals surface area contributed by atoms with E-state index in [2.05, 4.69) is 52.1 Å². The van der Waals surface area contributed by atoms with Crippen LogP contribution in [0.4, 0.5) is 0 Å². The highest BCUT2D eigenvalue weighted by molar-refractivity contribution is 6.07. The molecule has 1 aromatic heterocycles. The Morgan fingerprint density at radius 1 is 0.964 bits per heavy atom. The first-order valence-corrected chi connectivity index (χ1v) is 9.93. The average molecular weight is 377 g/mol. The van der Waals surface area contributed by atoms with Gasteiger partial charge in [0.05, 0.1) is 6.04 Å². The number of benzene rings is 2. The molecule has 28 heavy (non-hydrogen) atoms. The minimum Gasteiger partial charge on any atom is -0.353 e. The van der Waals surface area contributed by atoms with E-state index in [1.807, 2.05) is 42.5 Å². The fourth-order valence-corrected chi connectivity index (χ4v) is 4.08. The summed E-state index contributed by atoms with van der Waals surface area (Å²) in [6.07, 6.45) is 2.07. The highest BCUT2D eigenvalue weighted by Gasteiger charge is 2.26. The molecule has 1 N–H and O–H groups in total. The molecule has 0 bridgehead atoms. The smallest absolute Gasteiger partial charge is 0.251 e. The van der Waals surface area contributed by atoms with Crippen LogP contribution in [0.3, 0.4) is 0 Å². The van der Waals surface area contributed by atoms with E-state index in [1.54, 1.807) is 0 Å². The second kappa shape index (κ2) is 8.17. The van der Waals surface area contributed by atoms with Gasteiger partial charge in [-0.15, -0.1) is 0 Å². The maximum Gasteiger partial charge on any atom is 0.251 e. The van der Waals surface area contributed by atoms with Gasteiger partial charge in [-0.2, -0.15) is 0 Å². The maximum atomic E-state index is 13.0. The van der Waals surface area contributed by atoms with E-state index in [1.165, 1.54) is 5.69 Å². The van der Waals surface area contributed by atoms with Crippen molar-refractivity contribution in [1.29, 1.82) is 0 Å². The summed E-state index contributed by atoms with van der Waals surface area (Å²) in [4.78, 5) is 17.8. The number of amides is 1. The van der Waals surface area contributed by atoms with Crippen molar-refractivity contribution in [3.05, 3.63) is 72.1 Å². The van der Waals surface area contributed by atoms with Crippen molar-refractivity contribution in [1.82, 2.24) is 19.7 Å². The summed E-state index contributed by atoms with van der Waals surface area (Å²) in [5.41, 5.74) is 1.98. The van der Waals surface area contributed by atoms with Crippen LogP contribution < -0.4 is 5.32 Å². The number of carbonyl (C=O) groups is 1. The zero-order chi connectivity index (χ0) is 19.5. The lowest BCUT2D eigenvalue weighted by molar-refractivity contribution is 0.0878. The van der Waals surface area contributed by atoms with Crippen molar-refractivity contribution in [2.75, 3.05) is 39.8 Å². The van der Waals surface area contributed by atoms with Crippen molar-refractivity contribution < 1.29 is 4.79 Å². The molecule has 146 valence electrons. The van der Waals surface area contributed by atoms with Crippen LogP contribution in [0.1, 0.15) is 22.1 Å². The minimum absolute atomic E-state index is 0.00913. The topological polar surface area (TPSA) is 40.5 Å². The molecule has 2 heterocycles. The van der Waals surface area contributed by atoms with Crippen molar-refractivity contribution in [3.63, 3.8) is 0 Å². The van der Waals surface area contributed by atoms with Gasteiger partial charge in [0.1, 0.15) is 0 Å². The number of piperazine rings is 1. The highest BCUT2D eigenvalue weighted by Crippen LogP contribution is 2.23. The Morgan fingerprint density at radius 2 is 1.71 bits per heavy atom. The zero-order valence-electron chi connectivity index (χ0n) is 16.6. The van der Waals surface area contributed by atoms with Gasteiger partial charge < -0.3 is 14.8 Å². The zero-order valence-corrected chi connectivity index (χ0v) is 16.6. The average Bonchev–Trinajstić information content (AvgIpc) is 3.14. The molecule has 1 saturated heterocycles. The van der Waals surface area contributed by atoms with E-state index in [0.29, 0.717) is 6.54 Å². The minimum atomic E-state index is -0.00913. The van der Waals surface area contributed by atoms with Crippen molar-refractivity contribution in [2.45, 2.75) is 6.04 Å². The lowest BCUT2D eigenvalue weighted by Crippen LogP contribution is -2.48. The van der Waals surface area contributed by atoms with E-state index < -0.39 is 0 Å². The number of fused-ring (bicyclic) bond motifs is 1. The number of hydrogen-bond acceptors (Lipinski definition) is 3. The number of nitrogens with zero attached hydrogens (tertiary/aromatic N) is 3. The SMILES string of the molecule is CN1CCN([C@@H](CNC(=O)c2cccc3ccccc23)c2cccn2C)CC1. The quantitative estimate of drug-likeness (QED) is 0.744. The number of aryl methyl sites for hydroxylation is 1. The van der Waals surface area contributed by atoms with E-state index in [4.69, 9.17) is 0 Å². The van der Waals surface area contributed by atoms with Gasteiger partial charge in [0.2, 0.25) is 0 Å². The van der Waals surface area contributed by atoms with Gasteiger partial charge in [-0.3, -0.25) is 9.69 Å². The summed E-state index contributed by atoms with van der Waals surface area (Å²) in [6.45, 7) is 4.73. The Hall–Kier alpha value is -2.63. The van der Waals surface area contributed by atoms with Crippen LogP contribution in [0.25, 0.3) is 10.8 Å². The number of aromatic nitrogens is 1. The second-order valence-electron chi connectivity index (χ2n) is 7.64. The molecule has 4 rings (SSSR count). The predicted molar refractivity (Wildman–Crippen MR) is 114 cm³/mol. The van der Waals surface area contributed by atoms with E-state index in [-0.39, 0.29) is 11.9 Å². The van der Waals surface area contributed by atoms with Crippen LogP contribution in [-0.4, -0.2) is 60.0 Å². The molecule has 3 aromatic rings. The molecule has 1 aliphatic rings. The Labute approximate surface area is 166 Å². The van der Waals surface area contributed by atoms with Gasteiger partial charge in [0, 0.05) is 57.2 Å². The first kappa shape index (κ1) is 18.7. The molecule has 2 aromatic carbocycles. The summed E-state index contributed by atoms with van der Waals surface area (Å²) in [5, 5.41) is 5.30. The largest absolute Gasteiger partial charge is 0.353 e. The van der Waals surface area contributed by atoms with Gasteiger partial charge in [0.25, 0.3) is 5.91 Å². The summed E-state index contributed by atoms with van der Waals surface area (Å²) < 4.78 is 2.16. The molecule has 1 aliphatic heterocycles. The van der Waals surface area contributed by atoms with E-state index in [0.717, 1.165) is 42.5 Å². The molecule has 0 unspecified atom stereocenters. The summed E-state index contributed by atoms with van der Waals surface area (Å²) in [7, 11) is 4.24. The van der Waals surface area contributed by atoms with Gasteiger partial charge in [0.15, 0.2) is 0 Å². The van der Waals surface area contributed by atoms with Gasteiger partial charge >= 0.3 is 0 Å². The van der Waals surface area contributed by atoms with Crippen LogP contribution in [0.2, 0.25) is 0 Å². The number of carbonyl (C=O) groups excluding carboxylic acids is 1. The predicted octanol–water partition coefficient (Wildman–Crippen LogP) is 2.90. The molecular formula is C23H28N4O. The number of hydrogen-bond donors (Lipinski definition) is 1. The Morgan fingerprint density at radius 3 is 2.46 bits per heavy atom. The van der Waals surface area contributed by atoms with Gasteiger partial charge in [-0.05, 0) is 36.0 Å². The Kier molecular flexibility index (Phi) is 5.46. The number of rotatable bonds is 5. The molecular weight excluding hydrogens is 348 g/mol. The third-order valence-electron chi connectivity index (χ3n) is 5.79. The highest BCUT2D eigenvalue weighted by atomic mass is 16.1. The monoisotopic (exact) mass is 376 g/mol. The number of likely N-dealkylation sites (N-methyl/N-ethyl adjacent to an activating group) is 1. The number of nitrogens with one attached hydrogen (secondary N) is 1. The molecule has 1 atom stereocenters. The Bertz CT molecular complexity index is 951. The van der Waals surface area contributed by atoms with Crippen LogP contribution in [0, 0.1) is 0 Å². The lowest BCUT2D eigenvalue weighted by atomic mass is 10.0. The molecule has 5 nitrogen and oxygen atoms in total. The fraction of sp³-hybridized carbons (Fsp3) is 0.348. The maximum absolute atomic E-state index is 13.0. The molecule has 5 heteroatoms. The van der Waals surface area contributed by atoms with Crippen LogP contribution >= 0.6 is 0 Å². The fourth-order valence-electron chi connectivity index (χ4n) is 4.08. The van der Waals surface area contributed by atoms with Crippen molar-refractivity contribution in [3.8, 4) is 0 Å². The first-order chi connectivity index (χ1) is 13.6. The molecule has 1 fully saturated rings. The molecule has 0 spiro atoms. The van der Waals surface area contributed by atoms with Gasteiger partial charge in [-0.25, -0.2) is 0 Å². The van der Waals surface area contributed by atoms with Crippen molar-refractivity contribution in [2.24, 2.45) is 7.05 Å². The van der Waals surface area contributed by atoms with Crippen LogP contribution in [-0.2, 0) is 7.05 Å². The summed E-state index contributed by atoms with van der Waals surface area (Å²) in [6, 6.07) is 18.4. The van der Waals surface area contributed by atoms with Crippen molar-refractivity contribution >= 4 is 16.7 Å². The lowest BCUT2D eigenvalue weighted by Gasteiger charge is -2.38. The van der Waals surface area contributed by atoms with Gasteiger partial charge in [-0.1, -0.05) is 36.4 Å². The third kappa shape index (κ3) is 3.81. The van der Waals surface area contributed by atoms with Crippen LogP contribution in [0.15, 0.2) is 60.8 Å². The molecule has 0 aliphatic carbocycles. The molecule has 0 radical (unpaired) electrons. The normalized spacial score (nSPS) is 16.9. The van der Waals surface area contributed by atoms with E-state index >= 15 is 0 Å². The molecule has 1 amide bonds. The van der Waals surface area contributed by atoms with E-state index in [9.17, 15) is 4.79 Å². The Balaban J connectivity index is 1.54. The molecule has 0 saturated carbocycles. The standard InChI is InChI=1S/C23H28N4O/c1-25-13-15-27(16-14-25)22(21-11-6-12-26(21)2)17-24-23(28)20-10-5-8-18-7-3-4-9-19(18)20/h3-12,22H,13-17H2,1-2H3,(H,24,28)/t22-/m0/s1. The third-order valence-corrected chi connectivity index (χ3v) is 5.79. The second-order valence-corrected chi connectivity index (χ2v) is 7.64. The summed E-state index contributed by atoms with van der Waals surface area (Å²) >= 11 is 0. The summed E-state index contributed by atoms with van der Waals surface area (Å²) in [5.74, 6) is -0.00913. The first-order valence-electron chi connectivity index (χ1n) is 9.93. The van der Waals surface area contributed by atoms with Crippen LogP contribution in [0.5, 0.6) is 0 Å².